The van der Waals surface area contributed by atoms with Gasteiger partial charge >= 0.3 is 0 Å². The maximum atomic E-state index is 13.1. The second-order valence-corrected chi connectivity index (χ2v) is 6.81. The van der Waals surface area contributed by atoms with E-state index in [0.717, 1.165) is 22.5 Å². The molecule has 2 aromatic heterocycles. The molecule has 0 radical (unpaired) electrons. The number of aryl methyl sites for hydroxylation is 1. The summed E-state index contributed by atoms with van der Waals surface area (Å²) < 4.78 is 7.65. The highest BCUT2D eigenvalue weighted by Crippen LogP contribution is 2.32. The lowest BCUT2D eigenvalue weighted by Gasteiger charge is -2.29. The van der Waals surface area contributed by atoms with E-state index in [0.29, 0.717) is 31.6 Å². The third kappa shape index (κ3) is 2.66. The number of nitrogens with zero attached hydrogens (tertiary/aromatic N) is 5. The van der Waals surface area contributed by atoms with Crippen molar-refractivity contribution in [2.24, 2.45) is 7.05 Å². The average Bonchev–Trinajstić information content (AvgIpc) is 2.90. The number of ether oxygens (including phenoxy) is 1. The Morgan fingerprint density at radius 3 is 3.00 bits per heavy atom. The molecule has 0 spiro atoms. The molecule has 2 N–H and O–H groups in total. The monoisotopic (exact) mass is 342 g/mol. The van der Waals surface area contributed by atoms with Crippen LogP contribution in [0.15, 0.2) is 6.20 Å². The molecular formula is C17H22N6O2. The zero-order chi connectivity index (χ0) is 17.7. The Labute approximate surface area is 146 Å². The summed E-state index contributed by atoms with van der Waals surface area (Å²) in [4.78, 5) is 23.2. The van der Waals surface area contributed by atoms with E-state index >= 15 is 0 Å². The summed E-state index contributed by atoms with van der Waals surface area (Å²) in [5.41, 5.74) is 10.1. The topological polar surface area (TPSA) is 99.2 Å². The van der Waals surface area contributed by atoms with Crippen LogP contribution < -0.4 is 5.73 Å². The van der Waals surface area contributed by atoms with Gasteiger partial charge in [0.05, 0.1) is 23.6 Å². The quantitative estimate of drug-likeness (QED) is 0.830. The molecule has 4 heterocycles. The Balaban J connectivity index is 1.64. The van der Waals surface area contributed by atoms with E-state index in [2.05, 4.69) is 15.1 Å². The molecule has 132 valence electrons. The fourth-order valence-corrected chi connectivity index (χ4v) is 3.87. The largest absolute Gasteiger partial charge is 0.369 e. The van der Waals surface area contributed by atoms with Gasteiger partial charge in [-0.05, 0) is 13.8 Å². The lowest BCUT2D eigenvalue weighted by Crippen LogP contribution is -2.37. The van der Waals surface area contributed by atoms with Crippen LogP contribution in [0.5, 0.6) is 0 Å². The number of aromatic nitrogens is 4. The van der Waals surface area contributed by atoms with Crippen LogP contribution in [0, 0.1) is 0 Å². The van der Waals surface area contributed by atoms with Crippen LogP contribution in [0.4, 0.5) is 5.95 Å². The molecule has 8 heteroatoms. The zero-order valence-corrected chi connectivity index (χ0v) is 14.7. The normalized spacial score (nSPS) is 22.4. The van der Waals surface area contributed by atoms with Crippen LogP contribution in [0.1, 0.15) is 53.0 Å². The Morgan fingerprint density at radius 1 is 1.40 bits per heavy atom. The number of carbonyl (C=O) groups is 1. The maximum Gasteiger partial charge on any atom is 0.274 e. The van der Waals surface area contributed by atoms with Gasteiger partial charge in [0.25, 0.3) is 5.91 Å². The number of hydrogen-bond acceptors (Lipinski definition) is 6. The molecule has 0 saturated carbocycles. The Morgan fingerprint density at radius 2 is 2.20 bits per heavy atom. The number of amides is 1. The smallest absolute Gasteiger partial charge is 0.274 e. The lowest BCUT2D eigenvalue weighted by atomic mass is 9.98. The first-order chi connectivity index (χ1) is 11.9. The van der Waals surface area contributed by atoms with Gasteiger partial charge in [-0.3, -0.25) is 9.48 Å². The summed E-state index contributed by atoms with van der Waals surface area (Å²) in [6.45, 7) is 5.12. The molecule has 0 aliphatic carbocycles. The second-order valence-electron chi connectivity index (χ2n) is 6.81. The highest BCUT2D eigenvalue weighted by Gasteiger charge is 2.34. The first-order valence-corrected chi connectivity index (χ1v) is 8.54. The van der Waals surface area contributed by atoms with Gasteiger partial charge in [-0.15, -0.1) is 0 Å². The molecule has 4 rings (SSSR count). The van der Waals surface area contributed by atoms with Crippen LogP contribution in [0.2, 0.25) is 0 Å². The highest BCUT2D eigenvalue weighted by molar-refractivity contribution is 5.94. The molecular weight excluding hydrogens is 320 g/mol. The SMILES string of the molecule is C[C@@H]1Cc2c(C(=O)N3CCc4nc(N)ncc4C3)nn(C)c2[C@H](C)O1. The van der Waals surface area contributed by atoms with Crippen LogP contribution in [0.25, 0.3) is 0 Å². The summed E-state index contributed by atoms with van der Waals surface area (Å²) in [6.07, 6.45) is 3.12. The van der Waals surface area contributed by atoms with Gasteiger partial charge < -0.3 is 15.4 Å². The summed E-state index contributed by atoms with van der Waals surface area (Å²) in [7, 11) is 1.87. The summed E-state index contributed by atoms with van der Waals surface area (Å²) in [6, 6.07) is 0. The van der Waals surface area contributed by atoms with E-state index in [1.54, 1.807) is 10.9 Å². The van der Waals surface area contributed by atoms with Crippen molar-refractivity contribution in [3.05, 3.63) is 34.4 Å². The molecule has 2 aromatic rings. The standard InChI is InChI=1S/C17H22N6O2/c1-9-6-12-14(21-22(3)15(12)10(2)25-9)16(24)23-5-4-13-11(8-23)7-19-17(18)20-13/h7,9-10H,4-6,8H2,1-3H3,(H2,18,19,20)/t9-,10+/m1/s1. The number of nitrogen functional groups attached to an aromatic ring is 1. The third-order valence-electron chi connectivity index (χ3n) is 4.95. The molecule has 0 fully saturated rings. The Bertz CT molecular complexity index is 846. The van der Waals surface area contributed by atoms with Crippen molar-refractivity contribution in [3.63, 3.8) is 0 Å². The fraction of sp³-hybridized carbons (Fsp3) is 0.529. The van der Waals surface area contributed by atoms with Crippen LogP contribution in [-0.2, 0) is 31.2 Å². The van der Waals surface area contributed by atoms with Gasteiger partial charge in [0.1, 0.15) is 0 Å². The molecule has 0 saturated heterocycles. The molecule has 0 bridgehead atoms. The summed E-state index contributed by atoms with van der Waals surface area (Å²) in [5, 5.41) is 4.52. The van der Waals surface area contributed by atoms with Crippen molar-refractivity contribution < 1.29 is 9.53 Å². The molecule has 2 atom stereocenters. The molecule has 1 amide bonds. The van der Waals surface area contributed by atoms with Crippen molar-refractivity contribution in [1.29, 1.82) is 0 Å². The van der Waals surface area contributed by atoms with Gasteiger partial charge in [0.2, 0.25) is 5.95 Å². The van der Waals surface area contributed by atoms with E-state index in [-0.39, 0.29) is 24.1 Å². The van der Waals surface area contributed by atoms with E-state index in [1.807, 2.05) is 25.8 Å². The van der Waals surface area contributed by atoms with Gasteiger partial charge in [-0.2, -0.15) is 5.10 Å². The molecule has 25 heavy (non-hydrogen) atoms. The first-order valence-electron chi connectivity index (χ1n) is 8.54. The third-order valence-corrected chi connectivity index (χ3v) is 4.95. The predicted octanol–water partition coefficient (Wildman–Crippen LogP) is 1.01. The predicted molar refractivity (Wildman–Crippen MR) is 90.8 cm³/mol. The van der Waals surface area contributed by atoms with Crippen molar-refractivity contribution >= 4 is 11.9 Å². The van der Waals surface area contributed by atoms with Crippen molar-refractivity contribution in [1.82, 2.24) is 24.6 Å². The number of anilines is 1. The van der Waals surface area contributed by atoms with Gasteiger partial charge in [-0.25, -0.2) is 9.97 Å². The van der Waals surface area contributed by atoms with Crippen LogP contribution in [0.3, 0.4) is 0 Å². The average molecular weight is 342 g/mol. The second kappa shape index (κ2) is 5.80. The van der Waals surface area contributed by atoms with Gasteiger partial charge in [0, 0.05) is 50.3 Å². The van der Waals surface area contributed by atoms with E-state index in [1.165, 1.54) is 0 Å². The maximum absolute atomic E-state index is 13.1. The zero-order valence-electron chi connectivity index (χ0n) is 14.7. The minimum absolute atomic E-state index is 0.0411. The van der Waals surface area contributed by atoms with E-state index in [9.17, 15) is 4.79 Å². The number of carbonyl (C=O) groups excluding carboxylic acids is 1. The number of fused-ring (bicyclic) bond motifs is 2. The summed E-state index contributed by atoms with van der Waals surface area (Å²) >= 11 is 0. The van der Waals surface area contributed by atoms with Gasteiger partial charge in [-0.1, -0.05) is 0 Å². The van der Waals surface area contributed by atoms with Crippen LogP contribution >= 0.6 is 0 Å². The van der Waals surface area contributed by atoms with Crippen molar-refractivity contribution in [3.8, 4) is 0 Å². The molecule has 8 nitrogen and oxygen atoms in total. The minimum Gasteiger partial charge on any atom is -0.369 e. The molecule has 0 unspecified atom stereocenters. The summed E-state index contributed by atoms with van der Waals surface area (Å²) in [5.74, 6) is 0.237. The van der Waals surface area contributed by atoms with E-state index < -0.39 is 0 Å². The van der Waals surface area contributed by atoms with Crippen molar-refractivity contribution in [2.45, 2.75) is 45.4 Å². The minimum atomic E-state index is -0.0590. The number of hydrogen-bond donors (Lipinski definition) is 1. The Hall–Kier alpha value is -2.48. The number of rotatable bonds is 1. The van der Waals surface area contributed by atoms with Crippen molar-refractivity contribution in [2.75, 3.05) is 12.3 Å². The lowest BCUT2D eigenvalue weighted by molar-refractivity contribution is -0.00907. The van der Waals surface area contributed by atoms with Crippen LogP contribution in [-0.4, -0.2) is 43.2 Å². The molecule has 0 aromatic carbocycles. The number of nitrogens with two attached hydrogens (primary N) is 1. The fourth-order valence-electron chi connectivity index (χ4n) is 3.87. The molecule has 2 aliphatic heterocycles. The first kappa shape index (κ1) is 16.0. The molecule has 2 aliphatic rings. The van der Waals surface area contributed by atoms with Gasteiger partial charge in [0.15, 0.2) is 5.69 Å². The van der Waals surface area contributed by atoms with E-state index in [4.69, 9.17) is 10.5 Å². The highest BCUT2D eigenvalue weighted by atomic mass is 16.5. The Kier molecular flexibility index (Phi) is 3.72.